The monoisotopic (exact) mass is 1010 g/mol. The van der Waals surface area contributed by atoms with E-state index in [2.05, 4.69) is 111 Å². The second kappa shape index (κ2) is 39.2. The number of unbranched alkanes of at least 4 members (excludes halogenated alkanes) is 18. The summed E-state index contributed by atoms with van der Waals surface area (Å²) in [7, 11) is -2.42. The van der Waals surface area contributed by atoms with Crippen molar-refractivity contribution in [2.75, 3.05) is 0 Å². The smallest absolute Gasteiger partial charge is 0.873 e. The van der Waals surface area contributed by atoms with Crippen LogP contribution >= 0.6 is 0 Å². The summed E-state index contributed by atoms with van der Waals surface area (Å²) < 4.78 is 0. The molecule has 3 rings (SSSR count). The summed E-state index contributed by atoms with van der Waals surface area (Å²) in [5.74, 6) is -0.784. The number of hydrogen-bond acceptors (Lipinski definition) is 4. The Labute approximate surface area is 432 Å². The van der Waals surface area contributed by atoms with Crippen molar-refractivity contribution in [2.45, 2.75) is 265 Å². The summed E-state index contributed by atoms with van der Waals surface area (Å²) >= 11 is 0. The molecule has 4 nitrogen and oxygen atoms in total. The van der Waals surface area contributed by atoms with Crippen molar-refractivity contribution < 1.29 is 26.7 Å². The fourth-order valence-corrected chi connectivity index (χ4v) is 16.5. The zero-order valence-corrected chi connectivity index (χ0v) is 48.5. The van der Waals surface area contributed by atoms with Crippen molar-refractivity contribution in [3.05, 3.63) is 83.4 Å². The molecule has 3 aromatic rings. The summed E-state index contributed by atoms with van der Waals surface area (Å²) in [5.41, 5.74) is 8.65. The largest absolute Gasteiger partial charge is 2.00 e. The summed E-state index contributed by atoms with van der Waals surface area (Å²) in [5, 5.41) is 21.7. The van der Waals surface area contributed by atoms with Crippen LogP contribution in [0.3, 0.4) is 0 Å². The third kappa shape index (κ3) is 26.1. The van der Waals surface area contributed by atoms with Gasteiger partial charge in [0.25, 0.3) is 0 Å². The molecule has 0 radical (unpaired) electrons. The van der Waals surface area contributed by atoms with Gasteiger partial charge in [-0.1, -0.05) is 268 Å². The van der Waals surface area contributed by atoms with E-state index in [0.29, 0.717) is 0 Å². The fraction of sp³-hybridized carbons (Fsp3) is 0.672. The first kappa shape index (κ1) is 63.5. The van der Waals surface area contributed by atoms with Crippen LogP contribution in [-0.4, -0.2) is 27.6 Å². The molecule has 68 heavy (non-hydrogen) atoms. The first-order chi connectivity index (χ1) is 32.6. The Morgan fingerprint density at radius 2 is 0.676 bits per heavy atom. The quantitative estimate of drug-likeness (QED) is 0.0328. The second-order valence-electron chi connectivity index (χ2n) is 20.3. The van der Waals surface area contributed by atoms with Gasteiger partial charge in [-0.05, 0) is 80.4 Å². The molecule has 0 atom stereocenters. The van der Waals surface area contributed by atoms with Gasteiger partial charge in [-0.2, -0.15) is 0 Å². The van der Waals surface area contributed by atoms with E-state index in [1.807, 2.05) is 0 Å². The van der Waals surface area contributed by atoms with Gasteiger partial charge in [-0.25, -0.2) is 0 Å². The number of benzene rings is 3. The van der Waals surface area contributed by atoms with Gasteiger partial charge in [0.15, 0.2) is 0 Å². The van der Waals surface area contributed by atoms with Crippen LogP contribution in [0.5, 0.6) is 11.5 Å². The molecule has 386 valence electrons. The maximum absolute atomic E-state index is 11.0. The molecule has 0 aliphatic heterocycles. The molecular weight excluding hydrogens is 908 g/mol. The topological polar surface area (TPSA) is 70.8 Å². The van der Waals surface area contributed by atoms with E-state index in [4.69, 9.17) is 9.98 Å². The number of aryl methyl sites for hydroxylation is 1. The van der Waals surface area contributed by atoms with Crippen LogP contribution < -0.4 is 10.2 Å². The molecule has 0 N–H and O–H groups in total. The molecule has 0 saturated carbocycles. The average molecular weight is 1010 g/mol. The van der Waals surface area contributed by atoms with Crippen LogP contribution in [0, 0.1) is 0 Å². The molecule has 0 spiro atoms. The zero-order chi connectivity index (χ0) is 49.0. The van der Waals surface area contributed by atoms with Crippen molar-refractivity contribution in [3.8, 4) is 11.5 Å². The zero-order valence-electron chi connectivity index (χ0n) is 45.5. The Bertz CT molecular complexity index is 1720. The Morgan fingerprint density at radius 1 is 0.368 bits per heavy atom. The molecule has 0 saturated heterocycles. The number of hydrogen-bond donors (Lipinski definition) is 0. The van der Waals surface area contributed by atoms with Crippen LogP contribution in [0.4, 0.5) is 11.4 Å². The van der Waals surface area contributed by atoms with Gasteiger partial charge < -0.3 is 10.2 Å². The van der Waals surface area contributed by atoms with Crippen LogP contribution in [0.15, 0.2) is 76.7 Å². The van der Waals surface area contributed by atoms with E-state index in [0.717, 1.165) is 42.6 Å². The number of aliphatic imine (C=N–C) groups is 2. The van der Waals surface area contributed by atoms with E-state index in [-0.39, 0.29) is 22.2 Å². The Hall–Kier alpha value is -2.47. The third-order valence-electron chi connectivity index (χ3n) is 15.5. The number of nitrogens with zero attached hydrogens (tertiary/aromatic N) is 2. The number of rotatable bonds is 37. The van der Waals surface area contributed by atoms with Crippen molar-refractivity contribution in [1.29, 1.82) is 0 Å². The van der Waals surface area contributed by atoms with Crippen LogP contribution in [0.2, 0.25) is 36.3 Å². The minimum Gasteiger partial charge on any atom is -0.873 e. The SMILES string of the molecule is CCCCCCCCCCCCCCCCCC(=Nc1ccc(C[Si](CC)(CC)CC)cc1)C(CCCCC)=Nc1ccc(C[Si](CC)(CC)CC)cc1.CCCCCc1ccc([O-])c([O-])c1.[Ni+2]. The Balaban J connectivity index is 0.00000142. The molecule has 3 aromatic carbocycles. The molecule has 0 aromatic heterocycles. The van der Waals surface area contributed by atoms with Gasteiger partial charge in [0.1, 0.15) is 0 Å². The predicted octanol–water partition coefficient (Wildman–Crippen LogP) is 19.1. The van der Waals surface area contributed by atoms with Crippen molar-refractivity contribution in [2.24, 2.45) is 9.98 Å². The van der Waals surface area contributed by atoms with Crippen LogP contribution in [0.25, 0.3) is 0 Å². The molecule has 0 heterocycles. The first-order valence-electron chi connectivity index (χ1n) is 28.4. The second-order valence-corrected chi connectivity index (χ2v) is 31.3. The molecule has 7 heteroatoms. The van der Waals surface area contributed by atoms with Crippen LogP contribution in [0.1, 0.15) is 227 Å². The summed E-state index contributed by atoms with van der Waals surface area (Å²) in [4.78, 5) is 10.9. The van der Waals surface area contributed by atoms with Crippen molar-refractivity contribution >= 4 is 38.9 Å². The molecule has 0 aliphatic rings. The summed E-state index contributed by atoms with van der Waals surface area (Å²) in [6, 6.07) is 34.1. The van der Waals surface area contributed by atoms with Gasteiger partial charge in [-0.15, -0.1) is 11.5 Å². The summed E-state index contributed by atoms with van der Waals surface area (Å²) in [6.45, 7) is 21.3. The standard InChI is InChI=1S/C50H88N2Si2.C11H16O2.Ni/c1-9-17-19-20-21-22-23-24-25-26-27-28-29-30-32-34-50(52-48-41-37-46(38-42-48)44-54(14-6,15-7)16-8)49(33-31-18-10-2)51-47-39-35-45(36-40-47)43-53(11-3,12-4)13-5;1-2-3-4-5-9-6-7-10(12)11(13)8-9;/h35-42H,9-34,43-44H2,1-8H3;6-8,12-13H,2-5H2,1H3;/q;;+2/p-2. The summed E-state index contributed by atoms with van der Waals surface area (Å²) in [6.07, 6.45) is 31.0. The fourth-order valence-electron chi connectivity index (χ4n) is 9.83. The normalized spacial score (nSPS) is 12.2. The molecule has 0 amide bonds. The third-order valence-corrected chi connectivity index (χ3v) is 26.8. The van der Waals surface area contributed by atoms with Gasteiger partial charge in [-0.3, -0.25) is 9.98 Å². The van der Waals surface area contributed by atoms with Gasteiger partial charge in [0.05, 0.1) is 38.9 Å². The predicted molar refractivity (Wildman–Crippen MR) is 301 cm³/mol. The van der Waals surface area contributed by atoms with Gasteiger partial charge in [0, 0.05) is 0 Å². The molecular formula is C61H102N2NiO2Si2. The van der Waals surface area contributed by atoms with E-state index < -0.39 is 21.9 Å². The molecule has 0 bridgehead atoms. The Morgan fingerprint density at radius 3 is 1.03 bits per heavy atom. The molecule has 0 aliphatic carbocycles. The van der Waals surface area contributed by atoms with Crippen LogP contribution in [-0.2, 0) is 35.0 Å². The maximum Gasteiger partial charge on any atom is 2.00 e. The first-order valence-corrected chi connectivity index (χ1v) is 34.1. The van der Waals surface area contributed by atoms with Gasteiger partial charge in [0.2, 0.25) is 0 Å². The maximum atomic E-state index is 11.0. The minimum atomic E-state index is -1.21. The Kier molecular flexibility index (Phi) is 36.6. The average Bonchev–Trinajstić information content (AvgIpc) is 3.35. The van der Waals surface area contributed by atoms with E-state index in [9.17, 15) is 10.2 Å². The van der Waals surface area contributed by atoms with Crippen molar-refractivity contribution in [3.63, 3.8) is 0 Å². The molecule has 0 fully saturated rings. The van der Waals surface area contributed by atoms with E-state index in [1.165, 1.54) is 211 Å². The van der Waals surface area contributed by atoms with E-state index >= 15 is 0 Å². The minimum absolute atomic E-state index is 0. The van der Waals surface area contributed by atoms with Gasteiger partial charge >= 0.3 is 16.5 Å². The van der Waals surface area contributed by atoms with E-state index in [1.54, 1.807) is 6.07 Å². The van der Waals surface area contributed by atoms with Crippen molar-refractivity contribution in [1.82, 2.24) is 0 Å². The molecule has 0 unspecified atom stereocenters.